The Bertz CT molecular complexity index is 434. The van der Waals surface area contributed by atoms with Gasteiger partial charge in [-0.1, -0.05) is 0 Å². The fourth-order valence-corrected chi connectivity index (χ4v) is 1.28. The molecule has 1 N–H and O–H groups in total. The van der Waals surface area contributed by atoms with Gasteiger partial charge in [-0.2, -0.15) is 0 Å². The number of pyridine rings is 1. The van der Waals surface area contributed by atoms with Gasteiger partial charge in [-0.05, 0) is 26.0 Å². The first-order valence-electron chi connectivity index (χ1n) is 5.60. The summed E-state index contributed by atoms with van der Waals surface area (Å²) < 4.78 is 10.2. The molecular formula is C12H16N2O4. The molecule has 0 unspecified atom stereocenters. The summed E-state index contributed by atoms with van der Waals surface area (Å²) in [5, 5.41) is 2.40. The van der Waals surface area contributed by atoms with Crippen LogP contribution < -0.4 is 10.1 Å². The average molecular weight is 252 g/mol. The number of likely N-dealkylation sites (N-methyl/N-ethyl adjacent to an activating group) is 1. The Labute approximate surface area is 105 Å². The van der Waals surface area contributed by atoms with Crippen molar-refractivity contribution in [2.24, 2.45) is 0 Å². The number of nitrogens with one attached hydrogen (secondary N) is 1. The van der Waals surface area contributed by atoms with Crippen molar-refractivity contribution in [3.8, 4) is 5.88 Å². The number of rotatable bonds is 5. The summed E-state index contributed by atoms with van der Waals surface area (Å²) in [6, 6.07) is 3.14. The van der Waals surface area contributed by atoms with Crippen LogP contribution in [0, 0.1) is 0 Å². The quantitative estimate of drug-likeness (QED) is 0.783. The standard InChI is InChI=1S/C12H16N2O4/c1-4-17-11-9(6-5-7-14-11)12(16)18-8(2)10(15)13-3/h5-8H,4H2,1-3H3,(H,13,15)/t8-/m0/s1. The molecule has 98 valence electrons. The zero-order valence-electron chi connectivity index (χ0n) is 10.6. The van der Waals surface area contributed by atoms with Gasteiger partial charge in [0.15, 0.2) is 6.10 Å². The van der Waals surface area contributed by atoms with Crippen LogP contribution in [0.2, 0.25) is 0 Å². The van der Waals surface area contributed by atoms with Crippen molar-refractivity contribution in [3.63, 3.8) is 0 Å². The molecule has 1 aromatic rings. The molecule has 0 aliphatic heterocycles. The lowest BCUT2D eigenvalue weighted by Crippen LogP contribution is -2.33. The number of esters is 1. The minimum absolute atomic E-state index is 0.203. The molecule has 0 aromatic carbocycles. The van der Waals surface area contributed by atoms with Gasteiger partial charge in [0.1, 0.15) is 5.56 Å². The number of nitrogens with zero attached hydrogens (tertiary/aromatic N) is 1. The minimum atomic E-state index is -0.864. The van der Waals surface area contributed by atoms with Crippen molar-refractivity contribution < 1.29 is 19.1 Å². The third kappa shape index (κ3) is 3.44. The number of carbonyl (C=O) groups excluding carboxylic acids is 2. The van der Waals surface area contributed by atoms with Crippen LogP contribution in [0.4, 0.5) is 0 Å². The summed E-state index contributed by atoms with van der Waals surface area (Å²) in [6.45, 7) is 3.67. The zero-order chi connectivity index (χ0) is 13.5. The summed E-state index contributed by atoms with van der Waals surface area (Å²) in [7, 11) is 1.47. The molecule has 1 heterocycles. The molecule has 1 atom stereocenters. The first kappa shape index (κ1) is 14.0. The third-order valence-corrected chi connectivity index (χ3v) is 2.17. The lowest BCUT2D eigenvalue weighted by atomic mass is 10.2. The second-order valence-electron chi connectivity index (χ2n) is 3.45. The SMILES string of the molecule is CCOc1ncccc1C(=O)O[C@@H](C)C(=O)NC. The molecule has 6 heteroatoms. The second-order valence-corrected chi connectivity index (χ2v) is 3.45. The molecule has 0 aliphatic rings. The monoisotopic (exact) mass is 252 g/mol. The first-order valence-corrected chi connectivity index (χ1v) is 5.60. The van der Waals surface area contributed by atoms with Crippen LogP contribution >= 0.6 is 0 Å². The van der Waals surface area contributed by atoms with Gasteiger partial charge in [0.2, 0.25) is 5.88 Å². The summed E-state index contributed by atoms with van der Waals surface area (Å²) in [5.74, 6) is -0.804. The zero-order valence-corrected chi connectivity index (χ0v) is 10.6. The van der Waals surface area contributed by atoms with E-state index >= 15 is 0 Å². The molecule has 0 saturated heterocycles. The summed E-state index contributed by atoms with van der Waals surface area (Å²) >= 11 is 0. The maximum atomic E-state index is 11.8. The van der Waals surface area contributed by atoms with Gasteiger partial charge in [0, 0.05) is 13.2 Å². The van der Waals surface area contributed by atoms with Gasteiger partial charge in [0.05, 0.1) is 6.61 Å². The van der Waals surface area contributed by atoms with Crippen LogP contribution in [-0.4, -0.2) is 36.6 Å². The number of aromatic nitrogens is 1. The van der Waals surface area contributed by atoms with E-state index in [1.165, 1.54) is 26.2 Å². The molecule has 0 saturated carbocycles. The molecular weight excluding hydrogens is 236 g/mol. The largest absolute Gasteiger partial charge is 0.477 e. The van der Waals surface area contributed by atoms with Gasteiger partial charge in [-0.15, -0.1) is 0 Å². The first-order chi connectivity index (χ1) is 8.60. The maximum Gasteiger partial charge on any atom is 0.344 e. The fourth-order valence-electron chi connectivity index (χ4n) is 1.28. The Morgan fingerprint density at radius 3 is 2.83 bits per heavy atom. The topological polar surface area (TPSA) is 77.5 Å². The van der Waals surface area contributed by atoms with Crippen molar-refractivity contribution in [2.75, 3.05) is 13.7 Å². The van der Waals surface area contributed by atoms with E-state index in [0.29, 0.717) is 6.61 Å². The van der Waals surface area contributed by atoms with Crippen LogP contribution in [0.1, 0.15) is 24.2 Å². The van der Waals surface area contributed by atoms with E-state index < -0.39 is 12.1 Å². The van der Waals surface area contributed by atoms with Crippen molar-refractivity contribution in [3.05, 3.63) is 23.9 Å². The molecule has 1 aromatic heterocycles. The molecule has 18 heavy (non-hydrogen) atoms. The molecule has 0 bridgehead atoms. The third-order valence-electron chi connectivity index (χ3n) is 2.17. The van der Waals surface area contributed by atoms with Crippen LogP contribution in [0.15, 0.2) is 18.3 Å². The molecule has 0 spiro atoms. The molecule has 6 nitrogen and oxygen atoms in total. The lowest BCUT2D eigenvalue weighted by molar-refractivity contribution is -0.128. The molecule has 0 radical (unpaired) electrons. The maximum absolute atomic E-state index is 11.8. The molecule has 1 rings (SSSR count). The minimum Gasteiger partial charge on any atom is -0.477 e. The average Bonchev–Trinajstić information content (AvgIpc) is 2.38. The molecule has 0 aliphatic carbocycles. The number of carbonyl (C=O) groups is 2. The van der Waals surface area contributed by atoms with E-state index in [-0.39, 0.29) is 17.4 Å². The molecule has 0 fully saturated rings. The highest BCUT2D eigenvalue weighted by atomic mass is 16.5. The van der Waals surface area contributed by atoms with Crippen LogP contribution in [0.25, 0.3) is 0 Å². The van der Waals surface area contributed by atoms with Crippen molar-refractivity contribution in [2.45, 2.75) is 20.0 Å². The van der Waals surface area contributed by atoms with Crippen molar-refractivity contribution in [1.29, 1.82) is 0 Å². The van der Waals surface area contributed by atoms with Crippen molar-refractivity contribution in [1.82, 2.24) is 10.3 Å². The molecule has 1 amide bonds. The van der Waals surface area contributed by atoms with E-state index in [0.717, 1.165) is 0 Å². The van der Waals surface area contributed by atoms with Gasteiger partial charge < -0.3 is 14.8 Å². The van der Waals surface area contributed by atoms with Crippen LogP contribution in [0.5, 0.6) is 5.88 Å². The highest BCUT2D eigenvalue weighted by Gasteiger charge is 2.20. The van der Waals surface area contributed by atoms with E-state index in [2.05, 4.69) is 10.3 Å². The van der Waals surface area contributed by atoms with Crippen LogP contribution in [-0.2, 0) is 9.53 Å². The summed E-state index contributed by atoms with van der Waals surface area (Å²) in [4.78, 5) is 27.0. The summed E-state index contributed by atoms with van der Waals surface area (Å²) in [6.07, 6.45) is 0.654. The predicted octanol–water partition coefficient (Wildman–Crippen LogP) is 0.772. The second kappa shape index (κ2) is 6.58. The number of hydrogen-bond acceptors (Lipinski definition) is 5. The number of ether oxygens (including phenoxy) is 2. The summed E-state index contributed by atoms with van der Waals surface area (Å²) in [5.41, 5.74) is 0.204. The predicted molar refractivity (Wildman–Crippen MR) is 64.4 cm³/mol. The Hall–Kier alpha value is -2.11. The lowest BCUT2D eigenvalue weighted by Gasteiger charge is -2.13. The van der Waals surface area contributed by atoms with Gasteiger partial charge in [0.25, 0.3) is 5.91 Å². The van der Waals surface area contributed by atoms with E-state index in [9.17, 15) is 9.59 Å². The number of hydrogen-bond donors (Lipinski definition) is 1. The highest BCUT2D eigenvalue weighted by molar-refractivity contribution is 5.94. The smallest absolute Gasteiger partial charge is 0.344 e. The number of amides is 1. The van der Waals surface area contributed by atoms with Gasteiger partial charge >= 0.3 is 5.97 Å². The van der Waals surface area contributed by atoms with E-state index in [1.54, 1.807) is 13.0 Å². The van der Waals surface area contributed by atoms with Gasteiger partial charge in [-0.3, -0.25) is 4.79 Å². The Morgan fingerprint density at radius 2 is 2.22 bits per heavy atom. The Kier molecular flexibility index (Phi) is 5.10. The Balaban J connectivity index is 2.81. The van der Waals surface area contributed by atoms with E-state index in [1.807, 2.05) is 0 Å². The van der Waals surface area contributed by atoms with E-state index in [4.69, 9.17) is 9.47 Å². The van der Waals surface area contributed by atoms with Crippen molar-refractivity contribution >= 4 is 11.9 Å². The fraction of sp³-hybridized carbons (Fsp3) is 0.417. The van der Waals surface area contributed by atoms with Crippen LogP contribution in [0.3, 0.4) is 0 Å². The Morgan fingerprint density at radius 1 is 1.50 bits per heavy atom. The normalized spacial score (nSPS) is 11.5. The van der Waals surface area contributed by atoms with Gasteiger partial charge in [-0.25, -0.2) is 9.78 Å². The highest BCUT2D eigenvalue weighted by Crippen LogP contribution is 2.16.